The van der Waals surface area contributed by atoms with Crippen molar-refractivity contribution in [3.8, 4) is 33.8 Å². The van der Waals surface area contributed by atoms with Gasteiger partial charge in [-0.2, -0.15) is 0 Å². The molecule has 0 saturated heterocycles. The van der Waals surface area contributed by atoms with Crippen molar-refractivity contribution >= 4 is 75.1 Å². The quantitative estimate of drug-likeness (QED) is 0.196. The van der Waals surface area contributed by atoms with E-state index >= 15 is 0 Å². The summed E-state index contributed by atoms with van der Waals surface area (Å²) in [4.78, 5) is 10.1. The highest BCUT2D eigenvalue weighted by Gasteiger charge is 2.19. The second-order valence-electron chi connectivity index (χ2n) is 11.3. The maximum Gasteiger partial charge on any atom is 0.180 e. The molecule has 7 aromatic carbocycles. The van der Waals surface area contributed by atoms with Crippen LogP contribution >= 0.6 is 11.3 Å². The molecule has 0 aliphatic heterocycles. The monoisotopic (exact) mass is 578 g/mol. The Bertz CT molecular complexity index is 2700. The van der Waals surface area contributed by atoms with E-state index in [2.05, 4.69) is 97.1 Å². The zero-order valence-electron chi connectivity index (χ0n) is 23.4. The summed E-state index contributed by atoms with van der Waals surface area (Å²) in [5, 5.41) is 9.02. The molecule has 4 heteroatoms. The third-order valence-corrected chi connectivity index (χ3v) is 9.99. The van der Waals surface area contributed by atoms with E-state index in [1.54, 1.807) is 0 Å². The second kappa shape index (κ2) is 8.96. The molecule has 10 aromatic rings. The van der Waals surface area contributed by atoms with Crippen LogP contribution in [0.4, 0.5) is 0 Å². The van der Waals surface area contributed by atoms with E-state index in [1.807, 2.05) is 47.7 Å². The predicted octanol–water partition coefficient (Wildman–Crippen LogP) is 11.5. The largest absolute Gasteiger partial charge is 0.452 e. The molecule has 3 heterocycles. The highest BCUT2D eigenvalue weighted by molar-refractivity contribution is 7.26. The first-order valence-corrected chi connectivity index (χ1v) is 15.6. The molecule has 0 aliphatic rings. The Morgan fingerprint density at radius 1 is 0.455 bits per heavy atom. The highest BCUT2D eigenvalue weighted by atomic mass is 32.1. The van der Waals surface area contributed by atoms with Crippen LogP contribution in [0, 0.1) is 0 Å². The van der Waals surface area contributed by atoms with E-state index in [0.717, 1.165) is 38.9 Å². The Balaban J connectivity index is 1.13. The van der Waals surface area contributed by atoms with Gasteiger partial charge in [-0.25, -0.2) is 9.97 Å². The van der Waals surface area contributed by atoms with Crippen LogP contribution in [0.5, 0.6) is 0 Å². The minimum Gasteiger partial charge on any atom is -0.452 e. The zero-order chi connectivity index (χ0) is 28.8. The molecule has 0 spiro atoms. The first kappa shape index (κ1) is 23.9. The van der Waals surface area contributed by atoms with E-state index in [0.29, 0.717) is 11.4 Å². The van der Waals surface area contributed by atoms with Crippen LogP contribution in [-0.2, 0) is 0 Å². The van der Waals surface area contributed by atoms with Gasteiger partial charge in [0.25, 0.3) is 0 Å². The minimum absolute atomic E-state index is 0.685. The van der Waals surface area contributed by atoms with Crippen LogP contribution in [0.1, 0.15) is 0 Å². The Hall–Kier alpha value is -5.58. The molecule has 0 atom stereocenters. The summed E-state index contributed by atoms with van der Waals surface area (Å²) in [6, 6.07) is 47.2. The van der Waals surface area contributed by atoms with Gasteiger partial charge in [0.15, 0.2) is 11.4 Å². The van der Waals surface area contributed by atoms with E-state index in [1.165, 1.54) is 47.3 Å². The first-order valence-electron chi connectivity index (χ1n) is 14.7. The molecule has 44 heavy (non-hydrogen) atoms. The van der Waals surface area contributed by atoms with Crippen molar-refractivity contribution in [2.45, 2.75) is 0 Å². The van der Waals surface area contributed by atoms with Crippen molar-refractivity contribution in [3.63, 3.8) is 0 Å². The lowest BCUT2D eigenvalue weighted by Crippen LogP contribution is -1.94. The highest BCUT2D eigenvalue weighted by Crippen LogP contribution is 2.45. The second-order valence-corrected chi connectivity index (χ2v) is 12.4. The maximum atomic E-state index is 6.28. The smallest absolute Gasteiger partial charge is 0.180 e. The lowest BCUT2D eigenvalue weighted by molar-refractivity contribution is 0.667. The molecule has 0 N–H and O–H groups in total. The van der Waals surface area contributed by atoms with E-state index in [9.17, 15) is 0 Å². The lowest BCUT2D eigenvalue weighted by Gasteiger charge is -2.11. The number of hydrogen-bond donors (Lipinski definition) is 0. The number of nitrogens with zero attached hydrogens (tertiary/aromatic N) is 2. The van der Waals surface area contributed by atoms with Crippen molar-refractivity contribution in [3.05, 3.63) is 133 Å². The van der Waals surface area contributed by atoms with Crippen molar-refractivity contribution in [2.75, 3.05) is 0 Å². The Morgan fingerprint density at radius 3 is 1.91 bits per heavy atom. The van der Waals surface area contributed by atoms with E-state index in [-0.39, 0.29) is 0 Å². The van der Waals surface area contributed by atoms with Crippen molar-refractivity contribution in [2.24, 2.45) is 0 Å². The SMILES string of the molecule is c1ccc(-c2nc(-c3ccc(-c4ccc5c(c4)c4cccc6sc7cccc5c7c64)cc3)nc3c2oc2ccccc23)cc1. The van der Waals surface area contributed by atoms with Crippen LogP contribution in [0.2, 0.25) is 0 Å². The molecule has 0 radical (unpaired) electrons. The minimum atomic E-state index is 0.685. The van der Waals surface area contributed by atoms with Crippen LogP contribution in [0.15, 0.2) is 138 Å². The first-order chi connectivity index (χ1) is 21.8. The Labute approximate surface area is 256 Å². The number of rotatable bonds is 3. The molecule has 0 amide bonds. The summed E-state index contributed by atoms with van der Waals surface area (Å²) < 4.78 is 8.99. The number of furan rings is 1. The summed E-state index contributed by atoms with van der Waals surface area (Å²) >= 11 is 1.88. The van der Waals surface area contributed by atoms with E-state index < -0.39 is 0 Å². The van der Waals surface area contributed by atoms with Gasteiger partial charge in [-0.05, 0) is 63.0 Å². The molecule has 204 valence electrons. The number of aromatic nitrogens is 2. The van der Waals surface area contributed by atoms with Crippen LogP contribution < -0.4 is 0 Å². The summed E-state index contributed by atoms with van der Waals surface area (Å²) in [5.74, 6) is 0.685. The normalized spacial score (nSPS) is 12.1. The molecular formula is C40H22N2OS. The standard InChI is InChI=1S/C40H22N2OS/c1-2-8-24(9-3-1)37-39-38(30-10-4-5-13-32(30)43-39)42-40(41-37)25-18-16-23(17-19-25)26-20-21-27-28-11-6-14-33-35(28)36-29(31(27)22-26)12-7-15-34(36)44-33/h1-22H. The van der Waals surface area contributed by atoms with Gasteiger partial charge in [0.05, 0.1) is 0 Å². The Kier molecular flexibility index (Phi) is 4.87. The lowest BCUT2D eigenvalue weighted by atomic mass is 9.92. The van der Waals surface area contributed by atoms with Crippen molar-refractivity contribution in [1.82, 2.24) is 9.97 Å². The van der Waals surface area contributed by atoms with Gasteiger partial charge < -0.3 is 4.42 Å². The molecule has 0 saturated carbocycles. The number of benzene rings is 7. The number of fused-ring (bicyclic) bond motifs is 6. The van der Waals surface area contributed by atoms with Gasteiger partial charge in [0.1, 0.15) is 16.8 Å². The maximum absolute atomic E-state index is 6.28. The molecule has 0 fully saturated rings. The third-order valence-electron chi connectivity index (χ3n) is 8.87. The molecular weight excluding hydrogens is 557 g/mol. The molecule has 0 unspecified atom stereocenters. The number of hydrogen-bond acceptors (Lipinski definition) is 4. The van der Waals surface area contributed by atoms with Crippen molar-refractivity contribution in [1.29, 1.82) is 0 Å². The summed E-state index contributed by atoms with van der Waals surface area (Å²) in [7, 11) is 0. The van der Waals surface area contributed by atoms with Gasteiger partial charge in [-0.15, -0.1) is 11.3 Å². The van der Waals surface area contributed by atoms with Gasteiger partial charge in [0.2, 0.25) is 0 Å². The number of para-hydroxylation sites is 1. The molecule has 0 bridgehead atoms. The number of thiophene rings is 1. The molecule has 3 nitrogen and oxygen atoms in total. The Morgan fingerprint density at radius 2 is 1.11 bits per heavy atom. The van der Waals surface area contributed by atoms with E-state index in [4.69, 9.17) is 14.4 Å². The molecule has 0 aliphatic carbocycles. The van der Waals surface area contributed by atoms with Crippen LogP contribution in [0.25, 0.3) is 97.6 Å². The van der Waals surface area contributed by atoms with Crippen molar-refractivity contribution < 1.29 is 4.42 Å². The fraction of sp³-hybridized carbons (Fsp3) is 0. The molecule has 3 aromatic heterocycles. The van der Waals surface area contributed by atoms with Gasteiger partial charge in [0, 0.05) is 36.7 Å². The fourth-order valence-electron chi connectivity index (χ4n) is 6.82. The summed E-state index contributed by atoms with van der Waals surface area (Å²) in [6.07, 6.45) is 0. The van der Waals surface area contributed by atoms with Gasteiger partial charge >= 0.3 is 0 Å². The summed E-state index contributed by atoms with van der Waals surface area (Å²) in [5.41, 5.74) is 7.50. The fourth-order valence-corrected chi connectivity index (χ4v) is 7.98. The van der Waals surface area contributed by atoms with Gasteiger partial charge in [-0.1, -0.05) is 103 Å². The average Bonchev–Trinajstić information content (AvgIpc) is 3.67. The average molecular weight is 579 g/mol. The zero-order valence-corrected chi connectivity index (χ0v) is 24.2. The topological polar surface area (TPSA) is 38.9 Å². The predicted molar refractivity (Wildman–Crippen MR) is 185 cm³/mol. The third kappa shape index (κ3) is 3.37. The molecule has 10 rings (SSSR count). The summed E-state index contributed by atoms with van der Waals surface area (Å²) in [6.45, 7) is 0. The van der Waals surface area contributed by atoms with Crippen LogP contribution in [-0.4, -0.2) is 9.97 Å². The van der Waals surface area contributed by atoms with Crippen LogP contribution in [0.3, 0.4) is 0 Å². The van der Waals surface area contributed by atoms with Gasteiger partial charge in [-0.3, -0.25) is 0 Å².